The Hall–Kier alpha value is -1.97. The van der Waals surface area contributed by atoms with Crippen LogP contribution in [0.5, 0.6) is 0 Å². The Morgan fingerprint density at radius 2 is 1.62 bits per heavy atom. The smallest absolute Gasteiger partial charge is 0.303 e. The third-order valence-electron chi connectivity index (χ3n) is 5.43. The summed E-state index contributed by atoms with van der Waals surface area (Å²) in [5.41, 5.74) is 0.849. The topological polar surface area (TPSA) is 60.4 Å². The van der Waals surface area contributed by atoms with E-state index < -0.39 is 18.0 Å². The lowest BCUT2D eigenvalue weighted by Gasteiger charge is -2.34. The van der Waals surface area contributed by atoms with Crippen LogP contribution in [-0.2, 0) is 9.53 Å². The summed E-state index contributed by atoms with van der Waals surface area (Å²) in [6.45, 7) is 3.54. The molecular formula is C20H24O4. The van der Waals surface area contributed by atoms with Crippen molar-refractivity contribution in [2.75, 3.05) is 0 Å². The van der Waals surface area contributed by atoms with Crippen LogP contribution in [0.25, 0.3) is 0 Å². The van der Waals surface area contributed by atoms with E-state index in [2.05, 4.69) is 6.92 Å². The van der Waals surface area contributed by atoms with Crippen molar-refractivity contribution < 1.29 is 19.1 Å². The fourth-order valence-corrected chi connectivity index (χ4v) is 4.06. The van der Waals surface area contributed by atoms with E-state index in [1.54, 1.807) is 24.3 Å². The Labute approximate surface area is 142 Å². The maximum Gasteiger partial charge on any atom is 0.303 e. The largest absolute Gasteiger partial charge is 0.453 e. The molecule has 1 aromatic rings. The van der Waals surface area contributed by atoms with E-state index in [-0.39, 0.29) is 11.6 Å². The first kappa shape index (κ1) is 16.9. The minimum absolute atomic E-state index is 0.0601. The molecule has 2 unspecified atom stereocenters. The number of carbonyl (C=O) groups is 3. The zero-order chi connectivity index (χ0) is 17.3. The van der Waals surface area contributed by atoms with Crippen LogP contribution in [0.4, 0.5) is 0 Å². The third-order valence-corrected chi connectivity index (χ3v) is 5.43. The summed E-state index contributed by atoms with van der Waals surface area (Å²) in [4.78, 5) is 37.2. The Kier molecular flexibility index (Phi) is 4.83. The lowest BCUT2D eigenvalue weighted by atomic mass is 9.72. The van der Waals surface area contributed by atoms with Gasteiger partial charge in [0.2, 0.25) is 5.78 Å². The van der Waals surface area contributed by atoms with Gasteiger partial charge in [0.15, 0.2) is 11.9 Å². The number of ether oxygens (including phenoxy) is 1. The number of fused-ring (bicyclic) bond motifs is 1. The predicted molar refractivity (Wildman–Crippen MR) is 89.9 cm³/mol. The maximum atomic E-state index is 12.9. The molecule has 0 radical (unpaired) electrons. The number of Topliss-reactive ketones (excluding diaryl/α,β-unsaturated/α-hetero) is 2. The van der Waals surface area contributed by atoms with Crippen molar-refractivity contribution in [3.8, 4) is 0 Å². The summed E-state index contributed by atoms with van der Waals surface area (Å²) in [5.74, 6) is -0.205. The first-order valence-corrected chi connectivity index (χ1v) is 8.82. The average Bonchev–Trinajstić information content (AvgIpc) is 2.57. The predicted octanol–water partition coefficient (Wildman–Crippen LogP) is 3.83. The molecule has 0 aromatic heterocycles. The van der Waals surface area contributed by atoms with Crippen LogP contribution in [0.3, 0.4) is 0 Å². The minimum Gasteiger partial charge on any atom is -0.453 e. The molecule has 2 atom stereocenters. The molecule has 128 valence electrons. The fourth-order valence-electron chi connectivity index (χ4n) is 4.06. The number of hydrogen-bond acceptors (Lipinski definition) is 4. The van der Waals surface area contributed by atoms with Crippen molar-refractivity contribution in [2.45, 2.75) is 52.1 Å². The summed E-state index contributed by atoms with van der Waals surface area (Å²) >= 11 is 0. The zero-order valence-corrected chi connectivity index (χ0v) is 14.3. The highest BCUT2D eigenvalue weighted by Gasteiger charge is 2.44. The van der Waals surface area contributed by atoms with E-state index in [0.29, 0.717) is 23.5 Å². The first-order chi connectivity index (χ1) is 11.5. The van der Waals surface area contributed by atoms with E-state index in [1.165, 1.54) is 6.92 Å². The quantitative estimate of drug-likeness (QED) is 0.791. The number of benzene rings is 1. The summed E-state index contributed by atoms with van der Waals surface area (Å²) in [7, 11) is 0. The highest BCUT2D eigenvalue weighted by molar-refractivity contribution is 6.17. The Balaban J connectivity index is 1.88. The number of hydrogen-bond donors (Lipinski definition) is 0. The summed E-state index contributed by atoms with van der Waals surface area (Å²) in [6, 6.07) is 6.85. The van der Waals surface area contributed by atoms with E-state index in [9.17, 15) is 14.4 Å². The van der Waals surface area contributed by atoms with E-state index in [4.69, 9.17) is 4.74 Å². The standard InChI is InChI=1S/C20H24O4/c1-12-7-9-14(10-8-12)11-17-18(22)15-5-3-4-6-16(15)19(23)20(17)24-13(2)21/h3-6,12,14,17,20H,7-11H2,1-2H3. The van der Waals surface area contributed by atoms with Gasteiger partial charge in [0, 0.05) is 18.1 Å². The Morgan fingerprint density at radius 3 is 2.21 bits per heavy atom. The van der Waals surface area contributed by atoms with E-state index in [1.807, 2.05) is 0 Å². The molecule has 4 nitrogen and oxygen atoms in total. The summed E-state index contributed by atoms with van der Waals surface area (Å²) in [6.07, 6.45) is 4.14. The fraction of sp³-hybridized carbons (Fsp3) is 0.550. The highest BCUT2D eigenvalue weighted by Crippen LogP contribution is 2.37. The second kappa shape index (κ2) is 6.88. The summed E-state index contributed by atoms with van der Waals surface area (Å²) in [5, 5.41) is 0. The van der Waals surface area contributed by atoms with Crippen LogP contribution in [0.1, 0.15) is 66.7 Å². The molecule has 0 heterocycles. The van der Waals surface area contributed by atoms with Crippen LogP contribution in [0.2, 0.25) is 0 Å². The molecule has 2 aliphatic carbocycles. The van der Waals surface area contributed by atoms with Gasteiger partial charge in [0.1, 0.15) is 0 Å². The normalized spacial score (nSPS) is 29.9. The lowest BCUT2D eigenvalue weighted by Crippen LogP contribution is -2.44. The third kappa shape index (κ3) is 3.28. The number of carbonyl (C=O) groups excluding carboxylic acids is 3. The van der Waals surface area contributed by atoms with Gasteiger partial charge in [0.25, 0.3) is 0 Å². The molecule has 2 aliphatic rings. The molecule has 0 spiro atoms. The van der Waals surface area contributed by atoms with Crippen LogP contribution < -0.4 is 0 Å². The molecule has 0 saturated heterocycles. The molecule has 1 aromatic carbocycles. The van der Waals surface area contributed by atoms with Crippen molar-refractivity contribution in [3.63, 3.8) is 0 Å². The van der Waals surface area contributed by atoms with Gasteiger partial charge in [-0.3, -0.25) is 14.4 Å². The molecule has 0 bridgehead atoms. The Morgan fingerprint density at radius 1 is 1.04 bits per heavy atom. The lowest BCUT2D eigenvalue weighted by molar-refractivity contribution is -0.146. The van der Waals surface area contributed by atoms with Gasteiger partial charge in [-0.1, -0.05) is 56.9 Å². The molecule has 3 rings (SSSR count). The second-order valence-electron chi connectivity index (χ2n) is 7.27. The highest BCUT2D eigenvalue weighted by atomic mass is 16.5. The van der Waals surface area contributed by atoms with Gasteiger partial charge >= 0.3 is 5.97 Å². The van der Waals surface area contributed by atoms with Crippen LogP contribution in [0, 0.1) is 17.8 Å². The summed E-state index contributed by atoms with van der Waals surface area (Å²) < 4.78 is 5.30. The van der Waals surface area contributed by atoms with Crippen LogP contribution >= 0.6 is 0 Å². The van der Waals surface area contributed by atoms with Crippen molar-refractivity contribution in [1.29, 1.82) is 0 Å². The molecule has 1 saturated carbocycles. The molecule has 0 amide bonds. The minimum atomic E-state index is -0.968. The molecule has 0 aliphatic heterocycles. The van der Waals surface area contributed by atoms with Gasteiger partial charge in [-0.25, -0.2) is 0 Å². The number of ketones is 2. The molecule has 4 heteroatoms. The van der Waals surface area contributed by atoms with Gasteiger partial charge in [-0.15, -0.1) is 0 Å². The van der Waals surface area contributed by atoms with Crippen molar-refractivity contribution in [2.24, 2.45) is 17.8 Å². The van der Waals surface area contributed by atoms with Crippen molar-refractivity contribution in [1.82, 2.24) is 0 Å². The average molecular weight is 328 g/mol. The molecule has 0 N–H and O–H groups in total. The SMILES string of the molecule is CC(=O)OC1C(=O)c2ccccc2C(=O)C1CC1CCC(C)CC1. The van der Waals surface area contributed by atoms with Crippen LogP contribution in [-0.4, -0.2) is 23.6 Å². The Bertz CT molecular complexity index is 655. The molecule has 24 heavy (non-hydrogen) atoms. The van der Waals surface area contributed by atoms with Crippen molar-refractivity contribution >= 4 is 17.5 Å². The van der Waals surface area contributed by atoms with E-state index in [0.717, 1.165) is 31.6 Å². The van der Waals surface area contributed by atoms with Gasteiger partial charge < -0.3 is 4.74 Å². The number of rotatable bonds is 3. The van der Waals surface area contributed by atoms with Gasteiger partial charge in [-0.05, 0) is 18.3 Å². The molecule has 1 fully saturated rings. The van der Waals surface area contributed by atoms with E-state index >= 15 is 0 Å². The molecular weight excluding hydrogens is 304 g/mol. The van der Waals surface area contributed by atoms with Crippen LogP contribution in [0.15, 0.2) is 24.3 Å². The number of esters is 1. The van der Waals surface area contributed by atoms with Crippen molar-refractivity contribution in [3.05, 3.63) is 35.4 Å². The maximum absolute atomic E-state index is 12.9. The van der Waals surface area contributed by atoms with Gasteiger partial charge in [0.05, 0.1) is 5.92 Å². The zero-order valence-electron chi connectivity index (χ0n) is 14.3. The first-order valence-electron chi connectivity index (χ1n) is 8.82. The second-order valence-corrected chi connectivity index (χ2v) is 7.27. The van der Waals surface area contributed by atoms with Gasteiger partial charge in [-0.2, -0.15) is 0 Å². The monoisotopic (exact) mass is 328 g/mol.